The van der Waals surface area contributed by atoms with E-state index in [9.17, 15) is 9.59 Å². The number of thiazole rings is 1. The molecule has 1 amide bonds. The summed E-state index contributed by atoms with van der Waals surface area (Å²) >= 11 is 7.33. The number of fused-ring (bicyclic) bond motifs is 1. The topological polar surface area (TPSA) is 72.7 Å². The minimum atomic E-state index is -0.271. The van der Waals surface area contributed by atoms with Crippen LogP contribution in [0.25, 0.3) is 4.96 Å². The van der Waals surface area contributed by atoms with Gasteiger partial charge in [0.2, 0.25) is 0 Å². The average Bonchev–Trinajstić information content (AvgIpc) is 3.09. The lowest BCUT2D eigenvalue weighted by atomic mass is 10.2. The first kappa shape index (κ1) is 20.1. The van der Waals surface area contributed by atoms with Crippen molar-refractivity contribution < 1.29 is 9.53 Å². The molecule has 0 radical (unpaired) electrons. The van der Waals surface area contributed by atoms with Crippen molar-refractivity contribution in [1.29, 1.82) is 0 Å². The Kier molecular flexibility index (Phi) is 5.57. The highest BCUT2D eigenvalue weighted by atomic mass is 35.5. The van der Waals surface area contributed by atoms with E-state index < -0.39 is 0 Å². The Morgan fingerprint density at radius 3 is 2.70 bits per heavy atom. The molecule has 0 aliphatic carbocycles. The van der Waals surface area contributed by atoms with Crippen molar-refractivity contribution in [2.24, 2.45) is 0 Å². The molecular weight excluding hydrogens is 422 g/mol. The molecule has 0 fully saturated rings. The van der Waals surface area contributed by atoms with Crippen LogP contribution in [0, 0.1) is 13.8 Å². The molecule has 2 heterocycles. The molecule has 0 saturated heterocycles. The zero-order chi connectivity index (χ0) is 21.3. The van der Waals surface area contributed by atoms with Crippen LogP contribution in [0.3, 0.4) is 0 Å². The number of nitrogens with zero attached hydrogens (tertiary/aromatic N) is 2. The zero-order valence-electron chi connectivity index (χ0n) is 16.3. The highest BCUT2D eigenvalue weighted by Crippen LogP contribution is 2.27. The number of hydrogen-bond acceptors (Lipinski definition) is 5. The van der Waals surface area contributed by atoms with Crippen LogP contribution in [0.4, 0.5) is 5.69 Å². The molecule has 0 saturated carbocycles. The summed E-state index contributed by atoms with van der Waals surface area (Å²) in [7, 11) is 0. The number of aryl methyl sites for hydroxylation is 2. The Labute approximate surface area is 181 Å². The molecule has 1 N–H and O–H groups in total. The van der Waals surface area contributed by atoms with E-state index in [2.05, 4.69) is 10.3 Å². The Morgan fingerprint density at radius 1 is 1.17 bits per heavy atom. The molecule has 2 aromatic carbocycles. The van der Waals surface area contributed by atoms with Crippen LogP contribution in [0.5, 0.6) is 5.75 Å². The number of aromatic nitrogens is 2. The fraction of sp³-hybridized carbons (Fsp3) is 0.136. The number of halogens is 1. The second-order valence-corrected chi connectivity index (χ2v) is 8.48. The van der Waals surface area contributed by atoms with Gasteiger partial charge in [-0.15, -0.1) is 11.3 Å². The van der Waals surface area contributed by atoms with Crippen molar-refractivity contribution in [3.63, 3.8) is 0 Å². The van der Waals surface area contributed by atoms with E-state index in [1.165, 1.54) is 21.8 Å². The van der Waals surface area contributed by atoms with Crippen LogP contribution in [-0.4, -0.2) is 15.3 Å². The Balaban J connectivity index is 1.55. The van der Waals surface area contributed by atoms with E-state index in [0.29, 0.717) is 32.7 Å². The van der Waals surface area contributed by atoms with Crippen molar-refractivity contribution in [2.45, 2.75) is 20.5 Å². The van der Waals surface area contributed by atoms with Crippen molar-refractivity contribution in [3.05, 3.63) is 91.8 Å². The van der Waals surface area contributed by atoms with E-state index in [0.717, 1.165) is 10.4 Å². The quantitative estimate of drug-likeness (QED) is 0.482. The summed E-state index contributed by atoms with van der Waals surface area (Å²) in [6, 6.07) is 13.6. The largest absolute Gasteiger partial charge is 0.485 e. The van der Waals surface area contributed by atoms with E-state index in [-0.39, 0.29) is 18.1 Å². The van der Waals surface area contributed by atoms with Crippen LogP contribution in [0.15, 0.2) is 59.5 Å². The van der Waals surface area contributed by atoms with Gasteiger partial charge in [-0.2, -0.15) is 0 Å². The van der Waals surface area contributed by atoms with Crippen LogP contribution in [-0.2, 0) is 6.61 Å². The highest BCUT2D eigenvalue weighted by Gasteiger charge is 2.12. The SMILES string of the molecule is Cc1ccc(NC(=O)c2ccc(Cl)cc2)c(OCc2cc(=O)n3cc(C)sc3n2)c1. The summed E-state index contributed by atoms with van der Waals surface area (Å²) in [5.41, 5.74) is 2.37. The van der Waals surface area contributed by atoms with Gasteiger partial charge in [0.1, 0.15) is 12.4 Å². The average molecular weight is 440 g/mol. The molecule has 0 bridgehead atoms. The standard InChI is InChI=1S/C22H18ClN3O3S/c1-13-3-8-18(25-21(28)15-4-6-16(23)7-5-15)19(9-13)29-12-17-10-20(27)26-11-14(2)30-22(26)24-17/h3-11H,12H2,1-2H3,(H,25,28). The van der Waals surface area contributed by atoms with Gasteiger partial charge in [0.25, 0.3) is 11.5 Å². The summed E-state index contributed by atoms with van der Waals surface area (Å²) in [6.07, 6.45) is 1.77. The molecule has 6 nitrogen and oxygen atoms in total. The van der Waals surface area contributed by atoms with Crippen molar-refractivity contribution in [2.75, 3.05) is 5.32 Å². The minimum absolute atomic E-state index is 0.107. The number of benzene rings is 2. The summed E-state index contributed by atoms with van der Waals surface area (Å²) < 4.78 is 7.45. The van der Waals surface area contributed by atoms with Gasteiger partial charge in [0.15, 0.2) is 4.96 Å². The van der Waals surface area contributed by atoms with Crippen molar-refractivity contribution in [3.8, 4) is 5.75 Å². The number of ether oxygens (including phenoxy) is 1. The molecule has 4 aromatic rings. The van der Waals surface area contributed by atoms with Crippen molar-refractivity contribution in [1.82, 2.24) is 9.38 Å². The summed E-state index contributed by atoms with van der Waals surface area (Å²) in [4.78, 5) is 31.0. The van der Waals surface area contributed by atoms with Gasteiger partial charge in [-0.05, 0) is 55.8 Å². The van der Waals surface area contributed by atoms with Gasteiger partial charge >= 0.3 is 0 Å². The normalized spacial score (nSPS) is 10.9. The monoisotopic (exact) mass is 439 g/mol. The van der Waals surface area contributed by atoms with Crippen LogP contribution >= 0.6 is 22.9 Å². The predicted octanol–water partition coefficient (Wildman–Crippen LogP) is 4.86. The number of anilines is 1. The number of carbonyl (C=O) groups is 1. The lowest BCUT2D eigenvalue weighted by molar-refractivity contribution is 0.102. The molecule has 0 atom stereocenters. The molecule has 30 heavy (non-hydrogen) atoms. The molecule has 8 heteroatoms. The van der Waals surface area contributed by atoms with Crippen molar-refractivity contribution >= 4 is 39.5 Å². The van der Waals surface area contributed by atoms with Gasteiger partial charge in [-0.25, -0.2) is 4.98 Å². The minimum Gasteiger partial charge on any atom is -0.485 e. The maximum Gasteiger partial charge on any atom is 0.258 e. The first-order chi connectivity index (χ1) is 14.4. The van der Waals surface area contributed by atoms with E-state index in [1.807, 2.05) is 26.0 Å². The Hall–Kier alpha value is -3.16. The van der Waals surface area contributed by atoms with Crippen LogP contribution in [0.2, 0.25) is 5.02 Å². The number of nitrogens with one attached hydrogen (secondary N) is 1. The summed E-state index contributed by atoms with van der Waals surface area (Å²) in [6.45, 7) is 3.97. The first-order valence-corrected chi connectivity index (χ1v) is 10.4. The van der Waals surface area contributed by atoms with Gasteiger partial charge in [-0.1, -0.05) is 17.7 Å². The third kappa shape index (κ3) is 4.37. The fourth-order valence-corrected chi connectivity index (χ4v) is 3.91. The van der Waals surface area contributed by atoms with Gasteiger partial charge in [0.05, 0.1) is 11.4 Å². The summed E-state index contributed by atoms with van der Waals surface area (Å²) in [5, 5.41) is 3.43. The molecule has 0 aliphatic rings. The molecule has 2 aromatic heterocycles. The smallest absolute Gasteiger partial charge is 0.258 e. The Bertz CT molecular complexity index is 1300. The third-order valence-electron chi connectivity index (χ3n) is 4.40. The van der Waals surface area contributed by atoms with Gasteiger partial charge in [0, 0.05) is 27.7 Å². The number of hydrogen-bond donors (Lipinski definition) is 1. The number of carbonyl (C=O) groups excluding carboxylic acids is 1. The number of amides is 1. The molecule has 4 rings (SSSR count). The predicted molar refractivity (Wildman–Crippen MR) is 119 cm³/mol. The first-order valence-electron chi connectivity index (χ1n) is 9.18. The van der Waals surface area contributed by atoms with Crippen LogP contribution < -0.4 is 15.6 Å². The van der Waals surface area contributed by atoms with Gasteiger partial charge in [-0.3, -0.25) is 14.0 Å². The Morgan fingerprint density at radius 2 is 1.93 bits per heavy atom. The van der Waals surface area contributed by atoms with Gasteiger partial charge < -0.3 is 10.1 Å². The molecule has 0 spiro atoms. The molecule has 152 valence electrons. The fourth-order valence-electron chi connectivity index (χ4n) is 2.93. The lowest BCUT2D eigenvalue weighted by Crippen LogP contribution is -2.15. The maximum absolute atomic E-state index is 12.6. The maximum atomic E-state index is 12.6. The second-order valence-electron chi connectivity index (χ2n) is 6.83. The van der Waals surface area contributed by atoms with E-state index in [4.69, 9.17) is 16.3 Å². The van der Waals surface area contributed by atoms with Crippen LogP contribution in [0.1, 0.15) is 26.5 Å². The lowest BCUT2D eigenvalue weighted by Gasteiger charge is -2.13. The zero-order valence-corrected chi connectivity index (χ0v) is 17.9. The highest BCUT2D eigenvalue weighted by molar-refractivity contribution is 7.16. The molecular formula is C22H18ClN3O3S. The number of rotatable bonds is 5. The molecule has 0 aliphatic heterocycles. The van der Waals surface area contributed by atoms with E-state index in [1.54, 1.807) is 36.5 Å². The third-order valence-corrected chi connectivity index (χ3v) is 5.55. The summed E-state index contributed by atoms with van der Waals surface area (Å²) in [5.74, 6) is 0.230. The second kappa shape index (κ2) is 8.30. The molecule has 0 unspecified atom stereocenters. The van der Waals surface area contributed by atoms with E-state index >= 15 is 0 Å².